The summed E-state index contributed by atoms with van der Waals surface area (Å²) in [5, 5.41) is 3.56. The van der Waals surface area contributed by atoms with Gasteiger partial charge < -0.3 is 10.1 Å². The minimum absolute atomic E-state index is 0.705. The molecule has 1 aromatic rings. The summed E-state index contributed by atoms with van der Waals surface area (Å²) in [7, 11) is 1.79. The third-order valence-corrected chi connectivity index (χ3v) is 5.13. The topological polar surface area (TPSA) is 24.5 Å². The molecule has 1 atom stereocenters. The van der Waals surface area contributed by atoms with Crippen LogP contribution in [-0.2, 0) is 11.3 Å². The zero-order valence-corrected chi connectivity index (χ0v) is 13.8. The molecule has 0 bridgehead atoms. The minimum Gasteiger partial charge on any atom is -0.383 e. The number of nitrogens with one attached hydrogen (secondary N) is 1. The van der Waals surface area contributed by atoms with E-state index in [9.17, 15) is 0 Å². The summed E-state index contributed by atoms with van der Waals surface area (Å²) in [6.45, 7) is 9.58. The van der Waals surface area contributed by atoms with Crippen LogP contribution in [0.3, 0.4) is 0 Å². The van der Waals surface area contributed by atoms with Crippen molar-refractivity contribution in [2.24, 2.45) is 5.92 Å². The van der Waals surface area contributed by atoms with Crippen molar-refractivity contribution in [1.29, 1.82) is 0 Å². The molecule has 0 saturated heterocycles. The van der Waals surface area contributed by atoms with Gasteiger partial charge in [0.2, 0.25) is 0 Å². The van der Waals surface area contributed by atoms with Crippen molar-refractivity contribution in [3.63, 3.8) is 0 Å². The molecule has 1 N–H and O–H groups in total. The molecule has 1 unspecified atom stereocenters. The summed E-state index contributed by atoms with van der Waals surface area (Å²) in [6, 6.07) is 5.13. The molecule has 0 aromatic carbocycles. The van der Waals surface area contributed by atoms with Crippen LogP contribution in [0.5, 0.6) is 0 Å². The van der Waals surface area contributed by atoms with Crippen molar-refractivity contribution in [3.05, 3.63) is 21.9 Å². The van der Waals surface area contributed by atoms with Gasteiger partial charge in [-0.1, -0.05) is 0 Å². The fourth-order valence-electron chi connectivity index (χ4n) is 2.62. The maximum absolute atomic E-state index is 5.24. The first-order valence-corrected chi connectivity index (χ1v) is 8.51. The number of hydrogen-bond acceptors (Lipinski definition) is 4. The van der Waals surface area contributed by atoms with E-state index in [4.69, 9.17) is 4.74 Å². The van der Waals surface area contributed by atoms with Gasteiger partial charge in [0.25, 0.3) is 0 Å². The van der Waals surface area contributed by atoms with Crippen molar-refractivity contribution in [3.8, 4) is 0 Å². The van der Waals surface area contributed by atoms with E-state index in [1.807, 2.05) is 11.3 Å². The first-order chi connectivity index (χ1) is 9.70. The lowest BCUT2D eigenvalue weighted by Crippen LogP contribution is -2.41. The third kappa shape index (κ3) is 5.17. The Morgan fingerprint density at radius 2 is 2.20 bits per heavy atom. The quantitative estimate of drug-likeness (QED) is 0.672. The number of rotatable bonds is 10. The van der Waals surface area contributed by atoms with Crippen molar-refractivity contribution < 1.29 is 4.74 Å². The van der Waals surface area contributed by atoms with Gasteiger partial charge in [-0.15, -0.1) is 11.3 Å². The SMILES string of the molecule is COCCN(CCNCc1ccc(C)s1)C(C)C1CC1. The molecule has 1 aliphatic rings. The van der Waals surface area contributed by atoms with E-state index in [1.165, 1.54) is 22.6 Å². The predicted octanol–water partition coefficient (Wildman–Crippen LogP) is 2.89. The molecule has 1 aliphatic carbocycles. The zero-order chi connectivity index (χ0) is 14.4. The Balaban J connectivity index is 1.67. The summed E-state index contributed by atoms with van der Waals surface area (Å²) < 4.78 is 5.24. The summed E-state index contributed by atoms with van der Waals surface area (Å²) in [4.78, 5) is 5.40. The van der Waals surface area contributed by atoms with Crippen molar-refractivity contribution in [1.82, 2.24) is 10.2 Å². The van der Waals surface area contributed by atoms with Crippen LogP contribution in [0.25, 0.3) is 0 Å². The molecule has 114 valence electrons. The van der Waals surface area contributed by atoms with Crippen molar-refractivity contribution in [2.45, 2.75) is 39.3 Å². The highest BCUT2D eigenvalue weighted by atomic mass is 32.1. The van der Waals surface area contributed by atoms with E-state index in [-0.39, 0.29) is 0 Å². The van der Waals surface area contributed by atoms with E-state index < -0.39 is 0 Å². The average Bonchev–Trinajstić information content (AvgIpc) is 3.21. The fourth-order valence-corrected chi connectivity index (χ4v) is 3.48. The molecular formula is C16H28N2OS. The lowest BCUT2D eigenvalue weighted by atomic mass is 10.2. The molecule has 0 spiro atoms. The predicted molar refractivity (Wildman–Crippen MR) is 86.4 cm³/mol. The second-order valence-electron chi connectivity index (χ2n) is 5.80. The summed E-state index contributed by atoms with van der Waals surface area (Å²) in [5.41, 5.74) is 0. The Bertz CT molecular complexity index is 390. The monoisotopic (exact) mass is 296 g/mol. The average molecular weight is 296 g/mol. The Morgan fingerprint density at radius 1 is 1.40 bits per heavy atom. The van der Waals surface area contributed by atoms with E-state index in [1.54, 1.807) is 7.11 Å². The van der Waals surface area contributed by atoms with Gasteiger partial charge in [0, 0.05) is 49.1 Å². The molecule has 0 amide bonds. The molecule has 0 radical (unpaired) electrons. The second kappa shape index (κ2) is 8.13. The lowest BCUT2D eigenvalue weighted by molar-refractivity contribution is 0.117. The molecule has 1 fully saturated rings. The zero-order valence-electron chi connectivity index (χ0n) is 13.0. The number of thiophene rings is 1. The van der Waals surface area contributed by atoms with Gasteiger partial charge in [0.15, 0.2) is 0 Å². The molecule has 1 aromatic heterocycles. The van der Waals surface area contributed by atoms with Crippen LogP contribution < -0.4 is 5.32 Å². The Labute approximate surface area is 127 Å². The fraction of sp³-hybridized carbons (Fsp3) is 0.750. The van der Waals surface area contributed by atoms with Gasteiger partial charge >= 0.3 is 0 Å². The lowest BCUT2D eigenvalue weighted by Gasteiger charge is -2.29. The number of methoxy groups -OCH3 is 1. The van der Waals surface area contributed by atoms with Gasteiger partial charge in [-0.25, -0.2) is 0 Å². The first-order valence-electron chi connectivity index (χ1n) is 7.69. The third-order valence-electron chi connectivity index (χ3n) is 4.13. The van der Waals surface area contributed by atoms with Crippen LogP contribution in [0.2, 0.25) is 0 Å². The van der Waals surface area contributed by atoms with Crippen LogP contribution in [0.15, 0.2) is 12.1 Å². The smallest absolute Gasteiger partial charge is 0.0589 e. The van der Waals surface area contributed by atoms with Crippen molar-refractivity contribution in [2.75, 3.05) is 33.4 Å². The minimum atomic E-state index is 0.705. The van der Waals surface area contributed by atoms with Crippen LogP contribution in [0, 0.1) is 12.8 Å². The maximum atomic E-state index is 5.24. The van der Waals surface area contributed by atoms with Gasteiger partial charge in [0.1, 0.15) is 0 Å². The molecular weight excluding hydrogens is 268 g/mol. The van der Waals surface area contributed by atoms with E-state index >= 15 is 0 Å². The number of nitrogens with zero attached hydrogens (tertiary/aromatic N) is 1. The Kier molecular flexibility index (Phi) is 6.49. The molecule has 2 rings (SSSR count). The van der Waals surface area contributed by atoms with Gasteiger partial charge in [0.05, 0.1) is 6.61 Å². The molecule has 4 heteroatoms. The Morgan fingerprint density at radius 3 is 2.80 bits per heavy atom. The highest BCUT2D eigenvalue weighted by molar-refractivity contribution is 7.11. The van der Waals surface area contributed by atoms with Gasteiger partial charge in [-0.2, -0.15) is 0 Å². The summed E-state index contributed by atoms with van der Waals surface area (Å²) in [6.07, 6.45) is 2.82. The molecule has 3 nitrogen and oxygen atoms in total. The highest BCUT2D eigenvalue weighted by Crippen LogP contribution is 2.34. The van der Waals surface area contributed by atoms with Crippen LogP contribution in [0.4, 0.5) is 0 Å². The van der Waals surface area contributed by atoms with Gasteiger partial charge in [-0.05, 0) is 44.7 Å². The summed E-state index contributed by atoms with van der Waals surface area (Å²) >= 11 is 1.89. The van der Waals surface area contributed by atoms with Crippen LogP contribution >= 0.6 is 11.3 Å². The molecule has 1 heterocycles. The molecule has 20 heavy (non-hydrogen) atoms. The molecule has 1 saturated carbocycles. The summed E-state index contributed by atoms with van der Waals surface area (Å²) in [5.74, 6) is 0.923. The van der Waals surface area contributed by atoms with Gasteiger partial charge in [-0.3, -0.25) is 4.90 Å². The van der Waals surface area contributed by atoms with E-state index in [0.717, 1.165) is 38.7 Å². The number of hydrogen-bond donors (Lipinski definition) is 1. The van der Waals surface area contributed by atoms with Crippen LogP contribution in [-0.4, -0.2) is 44.3 Å². The highest BCUT2D eigenvalue weighted by Gasteiger charge is 2.31. The Hall–Kier alpha value is -0.420. The normalized spacial score (nSPS) is 16.8. The maximum Gasteiger partial charge on any atom is 0.0589 e. The van der Waals surface area contributed by atoms with Crippen LogP contribution in [0.1, 0.15) is 29.5 Å². The standard InChI is InChI=1S/C16H28N2OS/c1-13-4-7-16(20-13)12-17-8-9-18(10-11-19-3)14(2)15-5-6-15/h4,7,14-15,17H,5-6,8-12H2,1-3H3. The number of ether oxygens (including phenoxy) is 1. The largest absolute Gasteiger partial charge is 0.383 e. The molecule has 0 aliphatic heterocycles. The van der Waals surface area contributed by atoms with Crippen molar-refractivity contribution >= 4 is 11.3 Å². The number of aryl methyl sites for hydroxylation is 1. The second-order valence-corrected chi connectivity index (χ2v) is 7.17. The van der Waals surface area contributed by atoms with E-state index in [0.29, 0.717) is 6.04 Å². The van der Waals surface area contributed by atoms with E-state index in [2.05, 4.69) is 36.2 Å². The first kappa shape index (κ1) is 16.0.